The highest BCUT2D eigenvalue weighted by Crippen LogP contribution is 2.24. The van der Waals surface area contributed by atoms with E-state index in [1.807, 2.05) is 38.1 Å². The molecule has 1 fully saturated rings. The number of anilines is 3. The molecule has 0 spiro atoms. The van der Waals surface area contributed by atoms with Gasteiger partial charge in [0.25, 0.3) is 0 Å². The summed E-state index contributed by atoms with van der Waals surface area (Å²) in [4.78, 5) is 27.6. The highest BCUT2D eigenvalue weighted by atomic mass is 16.6. The topological polar surface area (TPSA) is 127 Å². The van der Waals surface area contributed by atoms with Gasteiger partial charge < -0.3 is 30.8 Å². The van der Waals surface area contributed by atoms with Crippen LogP contribution in [0.25, 0.3) is 0 Å². The van der Waals surface area contributed by atoms with Gasteiger partial charge in [0.1, 0.15) is 30.8 Å². The van der Waals surface area contributed by atoms with Gasteiger partial charge in [-0.3, -0.25) is 0 Å². The van der Waals surface area contributed by atoms with Crippen LogP contribution in [0.2, 0.25) is 0 Å². The molecule has 0 atom stereocenters. The Kier molecular flexibility index (Phi) is 7.47. The minimum absolute atomic E-state index is 0.0649. The summed E-state index contributed by atoms with van der Waals surface area (Å²) in [7, 11) is 1.46. The molecule has 0 unspecified atom stereocenters. The van der Waals surface area contributed by atoms with E-state index in [0.717, 1.165) is 31.7 Å². The summed E-state index contributed by atoms with van der Waals surface area (Å²) in [5.41, 5.74) is 7.31. The number of hydrogen-bond acceptors (Lipinski definition) is 8. The maximum absolute atomic E-state index is 12.4. The van der Waals surface area contributed by atoms with Crippen LogP contribution >= 0.6 is 0 Å². The van der Waals surface area contributed by atoms with Crippen molar-refractivity contribution in [1.29, 1.82) is 0 Å². The van der Waals surface area contributed by atoms with E-state index < -0.39 is 0 Å². The maximum atomic E-state index is 12.4. The zero-order valence-corrected chi connectivity index (χ0v) is 18.0. The van der Waals surface area contributed by atoms with Crippen LogP contribution in [0.4, 0.5) is 22.1 Å². The molecule has 2 amide bonds. The van der Waals surface area contributed by atoms with Crippen molar-refractivity contribution in [3.63, 3.8) is 0 Å². The number of piperidine rings is 1. The fraction of sp³-hybridized carbons (Fsp3) is 0.429. The van der Waals surface area contributed by atoms with Crippen molar-refractivity contribution >= 4 is 29.6 Å². The Morgan fingerprint density at radius 3 is 2.61 bits per heavy atom. The first kappa shape index (κ1) is 22.1. The summed E-state index contributed by atoms with van der Waals surface area (Å²) in [6, 6.07) is 7.16. The summed E-state index contributed by atoms with van der Waals surface area (Å²) in [5, 5.41) is 9.69. The molecule has 0 bridgehead atoms. The molecule has 166 valence electrons. The third-order valence-corrected chi connectivity index (χ3v) is 4.79. The van der Waals surface area contributed by atoms with Crippen LogP contribution in [-0.4, -0.2) is 54.6 Å². The predicted molar refractivity (Wildman–Crippen MR) is 121 cm³/mol. The van der Waals surface area contributed by atoms with Crippen LogP contribution in [0.3, 0.4) is 0 Å². The number of benzene rings is 1. The van der Waals surface area contributed by atoms with Gasteiger partial charge in [0.05, 0.1) is 17.9 Å². The normalized spacial score (nSPS) is 14.6. The molecular formula is C21H29N7O3. The van der Waals surface area contributed by atoms with Gasteiger partial charge in [0, 0.05) is 24.8 Å². The lowest BCUT2D eigenvalue weighted by Gasteiger charge is -2.33. The van der Waals surface area contributed by atoms with Crippen molar-refractivity contribution in [3.05, 3.63) is 36.2 Å². The highest BCUT2D eigenvalue weighted by molar-refractivity contribution is 5.92. The number of carbonyl (C=O) groups is 1. The molecule has 2 heterocycles. The summed E-state index contributed by atoms with van der Waals surface area (Å²) >= 11 is 0. The Balaban J connectivity index is 1.52. The predicted octanol–water partition coefficient (Wildman–Crippen LogP) is 2.62. The monoisotopic (exact) mass is 427 g/mol. The second-order valence-corrected chi connectivity index (χ2v) is 7.46. The van der Waals surface area contributed by atoms with Crippen molar-refractivity contribution in [2.45, 2.75) is 38.8 Å². The minimum Gasteiger partial charge on any atom is -0.491 e. The molecule has 3 rings (SSSR count). The van der Waals surface area contributed by atoms with Crippen LogP contribution < -0.4 is 26.0 Å². The fourth-order valence-corrected chi connectivity index (χ4v) is 3.36. The lowest BCUT2D eigenvalue weighted by molar-refractivity contribution is 0.215. The van der Waals surface area contributed by atoms with Crippen molar-refractivity contribution < 1.29 is 14.4 Å². The summed E-state index contributed by atoms with van der Waals surface area (Å²) in [6.07, 6.45) is 4.61. The average Bonchev–Trinajstić information content (AvgIpc) is 2.74. The molecule has 10 nitrogen and oxygen atoms in total. The van der Waals surface area contributed by atoms with E-state index in [2.05, 4.69) is 30.7 Å². The van der Waals surface area contributed by atoms with Crippen molar-refractivity contribution in [1.82, 2.24) is 15.3 Å². The van der Waals surface area contributed by atoms with Gasteiger partial charge in [-0.05, 0) is 51.0 Å². The van der Waals surface area contributed by atoms with Gasteiger partial charge >= 0.3 is 6.03 Å². The third kappa shape index (κ3) is 6.21. The molecule has 31 heavy (non-hydrogen) atoms. The average molecular weight is 428 g/mol. The number of nitrogens with one attached hydrogen (secondary N) is 2. The third-order valence-electron chi connectivity index (χ3n) is 4.79. The number of aromatic nitrogens is 2. The number of rotatable bonds is 7. The van der Waals surface area contributed by atoms with Gasteiger partial charge in [-0.25, -0.2) is 14.8 Å². The van der Waals surface area contributed by atoms with E-state index >= 15 is 0 Å². The van der Waals surface area contributed by atoms with Gasteiger partial charge in [0.2, 0.25) is 0 Å². The van der Waals surface area contributed by atoms with Crippen LogP contribution in [0.5, 0.6) is 5.75 Å². The first-order chi connectivity index (χ1) is 15.0. The first-order valence-corrected chi connectivity index (χ1v) is 10.2. The molecule has 0 aliphatic carbocycles. The van der Waals surface area contributed by atoms with E-state index in [-0.39, 0.29) is 18.2 Å². The molecule has 2 aromatic rings. The Labute approximate surface area is 181 Å². The summed E-state index contributed by atoms with van der Waals surface area (Å²) < 4.78 is 5.61. The number of amides is 2. The van der Waals surface area contributed by atoms with Gasteiger partial charge in [0.15, 0.2) is 0 Å². The van der Waals surface area contributed by atoms with Crippen LogP contribution in [0, 0.1) is 0 Å². The van der Waals surface area contributed by atoms with E-state index in [4.69, 9.17) is 15.3 Å². The molecule has 1 aromatic carbocycles. The molecule has 0 saturated carbocycles. The second-order valence-electron chi connectivity index (χ2n) is 7.46. The number of hydrogen-bond donors (Lipinski definition) is 3. The Bertz CT molecular complexity index is 894. The van der Waals surface area contributed by atoms with Crippen LogP contribution in [0.1, 0.15) is 32.3 Å². The Morgan fingerprint density at radius 1 is 1.26 bits per heavy atom. The quantitative estimate of drug-likeness (QED) is 0.458. The second kappa shape index (κ2) is 10.5. The number of ether oxygens (including phenoxy) is 1. The lowest BCUT2D eigenvalue weighted by atomic mass is 10.0. The van der Waals surface area contributed by atoms with E-state index in [0.29, 0.717) is 22.9 Å². The number of nitrogens with two attached hydrogens (primary N) is 1. The number of nitrogens with zero attached hydrogens (tertiary/aromatic N) is 4. The molecule has 4 N–H and O–H groups in total. The number of urea groups is 1. The zero-order valence-electron chi connectivity index (χ0n) is 18.0. The van der Waals surface area contributed by atoms with Gasteiger partial charge in [-0.2, -0.15) is 0 Å². The van der Waals surface area contributed by atoms with Crippen LogP contribution in [0.15, 0.2) is 35.7 Å². The number of oxime groups is 1. The summed E-state index contributed by atoms with van der Waals surface area (Å²) in [5.74, 6) is 1.82. The first-order valence-electron chi connectivity index (χ1n) is 10.2. The van der Waals surface area contributed by atoms with Crippen LogP contribution in [-0.2, 0) is 4.84 Å². The van der Waals surface area contributed by atoms with Crippen molar-refractivity contribution in [3.8, 4) is 5.75 Å². The smallest absolute Gasteiger partial charge is 0.319 e. The largest absolute Gasteiger partial charge is 0.491 e. The highest BCUT2D eigenvalue weighted by Gasteiger charge is 2.24. The summed E-state index contributed by atoms with van der Waals surface area (Å²) in [6.45, 7) is 5.38. The maximum Gasteiger partial charge on any atom is 0.319 e. The van der Waals surface area contributed by atoms with E-state index in [1.54, 1.807) is 0 Å². The van der Waals surface area contributed by atoms with Crippen molar-refractivity contribution in [2.75, 3.05) is 36.1 Å². The zero-order chi connectivity index (χ0) is 22.2. The molecule has 1 saturated heterocycles. The van der Waals surface area contributed by atoms with E-state index in [1.165, 1.54) is 19.7 Å². The Hall–Kier alpha value is -3.56. The SMILES string of the molecule is CON=Cc1c(N)ncnc1N1CCC(NC(=O)Nc2ccc(OC(C)C)cc2)CC1. The van der Waals surface area contributed by atoms with Gasteiger partial charge in [-0.15, -0.1) is 0 Å². The molecule has 0 radical (unpaired) electrons. The Morgan fingerprint density at radius 2 is 1.97 bits per heavy atom. The fourth-order valence-electron chi connectivity index (χ4n) is 3.36. The molecule has 1 aliphatic rings. The van der Waals surface area contributed by atoms with Crippen molar-refractivity contribution in [2.24, 2.45) is 5.16 Å². The molecule has 1 aromatic heterocycles. The number of nitrogen functional groups attached to an aromatic ring is 1. The minimum atomic E-state index is -0.227. The molecular weight excluding hydrogens is 398 g/mol. The van der Waals surface area contributed by atoms with E-state index in [9.17, 15) is 4.79 Å². The number of carbonyl (C=O) groups excluding carboxylic acids is 1. The van der Waals surface area contributed by atoms with Gasteiger partial charge in [-0.1, -0.05) is 5.16 Å². The molecule has 10 heteroatoms. The lowest BCUT2D eigenvalue weighted by Crippen LogP contribution is -2.46. The molecule has 1 aliphatic heterocycles. The standard InChI is InChI=1S/C21H29N7O3/c1-14(2)31-17-6-4-15(5-7-17)26-21(29)27-16-8-10-28(11-9-16)20-18(12-25-30-3)19(22)23-13-24-20/h4-7,12-14,16H,8-11H2,1-3H3,(H2,22,23,24)(H2,26,27,29).